The molecule has 1 heterocycles. The van der Waals surface area contributed by atoms with Crippen molar-refractivity contribution in [2.75, 3.05) is 29.5 Å². The maximum atomic E-state index is 11.2. The first kappa shape index (κ1) is 13.3. The molecule has 2 rings (SSSR count). The number of carboxylic acids is 1. The lowest BCUT2D eigenvalue weighted by molar-refractivity contribution is -0.141. The van der Waals surface area contributed by atoms with Crippen molar-refractivity contribution in [3.8, 4) is 0 Å². The minimum absolute atomic E-state index is 0.272. The van der Waals surface area contributed by atoms with E-state index in [4.69, 9.17) is 0 Å². The molecule has 98 valence electrons. The molecule has 1 aliphatic heterocycles. The number of para-hydroxylation sites is 1. The third-order valence-corrected chi connectivity index (χ3v) is 4.18. The second-order valence-corrected chi connectivity index (χ2v) is 5.90. The highest BCUT2D eigenvalue weighted by Crippen LogP contribution is 2.29. The SMILES string of the molecule is CCSCCN1CC(C(=O)O)Cc2ccccc21. The Morgan fingerprint density at radius 1 is 1.50 bits per heavy atom. The van der Waals surface area contributed by atoms with E-state index in [1.54, 1.807) is 0 Å². The molecule has 0 amide bonds. The van der Waals surface area contributed by atoms with Crippen molar-refractivity contribution >= 4 is 23.4 Å². The van der Waals surface area contributed by atoms with Crippen LogP contribution in [0.3, 0.4) is 0 Å². The summed E-state index contributed by atoms with van der Waals surface area (Å²) < 4.78 is 0. The fourth-order valence-corrected chi connectivity index (χ4v) is 3.02. The van der Waals surface area contributed by atoms with Crippen LogP contribution in [0.5, 0.6) is 0 Å². The first-order chi connectivity index (χ1) is 8.72. The number of rotatable bonds is 5. The van der Waals surface area contributed by atoms with Crippen LogP contribution in [0.25, 0.3) is 0 Å². The van der Waals surface area contributed by atoms with E-state index in [-0.39, 0.29) is 5.92 Å². The summed E-state index contributed by atoms with van der Waals surface area (Å²) in [6, 6.07) is 8.16. The van der Waals surface area contributed by atoms with E-state index in [1.807, 2.05) is 30.0 Å². The van der Waals surface area contributed by atoms with E-state index >= 15 is 0 Å². The topological polar surface area (TPSA) is 40.5 Å². The number of hydrogen-bond acceptors (Lipinski definition) is 3. The standard InChI is InChI=1S/C14H19NO2S/c1-2-18-8-7-15-10-12(14(16)17)9-11-5-3-4-6-13(11)15/h3-6,12H,2,7-10H2,1H3,(H,16,17). The summed E-state index contributed by atoms with van der Waals surface area (Å²) in [6.45, 7) is 3.71. The third-order valence-electron chi connectivity index (χ3n) is 3.30. The van der Waals surface area contributed by atoms with Crippen LogP contribution in [-0.4, -0.2) is 35.7 Å². The number of carboxylic acid groups (broad SMARTS) is 1. The highest BCUT2D eigenvalue weighted by atomic mass is 32.2. The average molecular weight is 265 g/mol. The molecule has 0 aromatic heterocycles. The van der Waals surface area contributed by atoms with Crippen molar-refractivity contribution in [3.05, 3.63) is 29.8 Å². The largest absolute Gasteiger partial charge is 0.481 e. The zero-order valence-electron chi connectivity index (χ0n) is 10.6. The van der Waals surface area contributed by atoms with Gasteiger partial charge in [0.25, 0.3) is 0 Å². The molecule has 0 saturated carbocycles. The van der Waals surface area contributed by atoms with Gasteiger partial charge in [-0.25, -0.2) is 0 Å². The highest BCUT2D eigenvalue weighted by molar-refractivity contribution is 7.99. The minimum atomic E-state index is -0.683. The molecule has 4 heteroatoms. The molecule has 0 saturated heterocycles. The number of benzene rings is 1. The van der Waals surface area contributed by atoms with Gasteiger partial charge in [0.1, 0.15) is 0 Å². The molecule has 1 aliphatic rings. The first-order valence-electron chi connectivity index (χ1n) is 6.35. The van der Waals surface area contributed by atoms with Gasteiger partial charge in [-0.3, -0.25) is 4.79 Å². The second-order valence-electron chi connectivity index (χ2n) is 4.51. The lowest BCUT2D eigenvalue weighted by Crippen LogP contribution is -2.40. The Hall–Kier alpha value is -1.16. The summed E-state index contributed by atoms with van der Waals surface area (Å²) in [5.74, 6) is 1.21. The lowest BCUT2D eigenvalue weighted by Gasteiger charge is -2.34. The van der Waals surface area contributed by atoms with Gasteiger partial charge in [-0.05, 0) is 23.8 Å². The van der Waals surface area contributed by atoms with Gasteiger partial charge < -0.3 is 10.0 Å². The van der Waals surface area contributed by atoms with Crippen LogP contribution in [0.2, 0.25) is 0 Å². The van der Waals surface area contributed by atoms with Crippen LogP contribution >= 0.6 is 11.8 Å². The molecule has 1 atom stereocenters. The van der Waals surface area contributed by atoms with Crippen LogP contribution in [0.15, 0.2) is 24.3 Å². The zero-order chi connectivity index (χ0) is 13.0. The van der Waals surface area contributed by atoms with E-state index < -0.39 is 5.97 Å². The molecule has 0 aliphatic carbocycles. The number of carbonyl (C=O) groups is 1. The first-order valence-corrected chi connectivity index (χ1v) is 7.51. The summed E-state index contributed by atoms with van der Waals surface area (Å²) in [5, 5.41) is 9.22. The Bertz CT molecular complexity index is 422. The second kappa shape index (κ2) is 6.14. The fraction of sp³-hybridized carbons (Fsp3) is 0.500. The normalized spacial score (nSPS) is 18.5. The van der Waals surface area contributed by atoms with Crippen LogP contribution in [0, 0.1) is 5.92 Å². The van der Waals surface area contributed by atoms with E-state index in [1.165, 1.54) is 5.69 Å². The molecular weight excluding hydrogens is 246 g/mol. The monoisotopic (exact) mass is 265 g/mol. The minimum Gasteiger partial charge on any atom is -0.481 e. The summed E-state index contributed by atoms with van der Waals surface area (Å²) >= 11 is 1.90. The van der Waals surface area contributed by atoms with Crippen LogP contribution < -0.4 is 4.90 Å². The Morgan fingerprint density at radius 2 is 2.28 bits per heavy atom. The van der Waals surface area contributed by atoms with Gasteiger partial charge in [0.2, 0.25) is 0 Å². The van der Waals surface area contributed by atoms with Crippen molar-refractivity contribution in [3.63, 3.8) is 0 Å². The van der Waals surface area contributed by atoms with E-state index in [0.29, 0.717) is 13.0 Å². The predicted octanol–water partition coefficient (Wildman–Crippen LogP) is 2.50. The van der Waals surface area contributed by atoms with Gasteiger partial charge in [-0.15, -0.1) is 0 Å². The van der Waals surface area contributed by atoms with E-state index in [0.717, 1.165) is 23.6 Å². The maximum Gasteiger partial charge on any atom is 0.308 e. The number of anilines is 1. The van der Waals surface area contributed by atoms with E-state index in [9.17, 15) is 9.90 Å². The van der Waals surface area contributed by atoms with Crippen molar-refractivity contribution in [1.29, 1.82) is 0 Å². The van der Waals surface area contributed by atoms with Gasteiger partial charge in [0.15, 0.2) is 0 Å². The average Bonchev–Trinajstić information content (AvgIpc) is 2.38. The Labute approximate surface area is 112 Å². The number of fused-ring (bicyclic) bond motifs is 1. The number of hydrogen-bond donors (Lipinski definition) is 1. The number of nitrogens with zero attached hydrogens (tertiary/aromatic N) is 1. The molecule has 1 unspecified atom stereocenters. The number of aliphatic carboxylic acids is 1. The molecule has 18 heavy (non-hydrogen) atoms. The summed E-state index contributed by atoms with van der Waals surface area (Å²) in [4.78, 5) is 13.4. The van der Waals surface area contributed by atoms with Gasteiger partial charge in [-0.2, -0.15) is 11.8 Å². The predicted molar refractivity (Wildman–Crippen MR) is 76.5 cm³/mol. The van der Waals surface area contributed by atoms with Gasteiger partial charge >= 0.3 is 5.97 Å². The molecule has 1 aromatic rings. The van der Waals surface area contributed by atoms with Crippen molar-refractivity contribution in [2.24, 2.45) is 5.92 Å². The van der Waals surface area contributed by atoms with Crippen LogP contribution in [0.4, 0.5) is 5.69 Å². The Kier molecular flexibility index (Phi) is 4.53. The quantitative estimate of drug-likeness (QED) is 0.831. The van der Waals surface area contributed by atoms with Crippen LogP contribution in [0.1, 0.15) is 12.5 Å². The third kappa shape index (κ3) is 2.99. The van der Waals surface area contributed by atoms with Gasteiger partial charge in [0, 0.05) is 24.5 Å². The molecule has 0 bridgehead atoms. The molecule has 0 fully saturated rings. The van der Waals surface area contributed by atoms with Crippen molar-refractivity contribution < 1.29 is 9.90 Å². The van der Waals surface area contributed by atoms with E-state index in [2.05, 4.69) is 17.9 Å². The molecule has 3 nitrogen and oxygen atoms in total. The van der Waals surface area contributed by atoms with Crippen molar-refractivity contribution in [1.82, 2.24) is 0 Å². The zero-order valence-corrected chi connectivity index (χ0v) is 11.4. The molecule has 0 spiro atoms. The van der Waals surface area contributed by atoms with Gasteiger partial charge in [-0.1, -0.05) is 25.1 Å². The summed E-state index contributed by atoms with van der Waals surface area (Å²) in [7, 11) is 0. The summed E-state index contributed by atoms with van der Waals surface area (Å²) in [5.41, 5.74) is 2.38. The smallest absolute Gasteiger partial charge is 0.308 e. The summed E-state index contributed by atoms with van der Waals surface area (Å²) in [6.07, 6.45) is 0.656. The number of thioether (sulfide) groups is 1. The molecule has 0 radical (unpaired) electrons. The maximum absolute atomic E-state index is 11.2. The van der Waals surface area contributed by atoms with Gasteiger partial charge in [0.05, 0.1) is 5.92 Å². The highest BCUT2D eigenvalue weighted by Gasteiger charge is 2.28. The fourth-order valence-electron chi connectivity index (χ4n) is 2.38. The van der Waals surface area contributed by atoms with Crippen LogP contribution in [-0.2, 0) is 11.2 Å². The lowest BCUT2D eigenvalue weighted by atomic mass is 9.92. The van der Waals surface area contributed by atoms with Crippen molar-refractivity contribution in [2.45, 2.75) is 13.3 Å². The molecule has 1 N–H and O–H groups in total. The Balaban J connectivity index is 2.14. The molecule has 1 aromatic carbocycles. The molecular formula is C14H19NO2S. The Morgan fingerprint density at radius 3 is 3.00 bits per heavy atom.